The lowest BCUT2D eigenvalue weighted by Crippen LogP contribution is -2.38. The molecule has 3 rings (SSSR count). The summed E-state index contributed by atoms with van der Waals surface area (Å²) in [4.78, 5) is 28.8. The second-order valence-electron chi connectivity index (χ2n) is 6.64. The number of hydrogen-bond donors (Lipinski definition) is 0. The van der Waals surface area contributed by atoms with Crippen LogP contribution in [0.4, 0.5) is 0 Å². The van der Waals surface area contributed by atoms with Crippen molar-refractivity contribution in [3.05, 3.63) is 59.9 Å². The van der Waals surface area contributed by atoms with Crippen molar-refractivity contribution in [1.29, 1.82) is 0 Å². The van der Waals surface area contributed by atoms with Gasteiger partial charge in [0.2, 0.25) is 11.8 Å². The quantitative estimate of drug-likeness (QED) is 0.854. The second kappa shape index (κ2) is 8.01. The van der Waals surface area contributed by atoms with Gasteiger partial charge in [-0.3, -0.25) is 9.59 Å². The lowest BCUT2D eigenvalue weighted by atomic mass is 10.1. The minimum absolute atomic E-state index is 0.142. The van der Waals surface area contributed by atoms with Crippen LogP contribution < -0.4 is 0 Å². The summed E-state index contributed by atoms with van der Waals surface area (Å²) in [7, 11) is 1.95. The molecule has 1 aromatic carbocycles. The summed E-state index contributed by atoms with van der Waals surface area (Å²) in [6, 6.07) is 11.8. The summed E-state index contributed by atoms with van der Waals surface area (Å²) in [5.74, 6) is 0.284. The predicted molar refractivity (Wildman–Crippen MR) is 97.0 cm³/mol. The first-order valence-corrected chi connectivity index (χ1v) is 8.82. The number of nitrogens with zero attached hydrogens (tertiary/aromatic N) is 3. The van der Waals surface area contributed by atoms with Crippen LogP contribution in [-0.4, -0.2) is 52.4 Å². The van der Waals surface area contributed by atoms with E-state index in [9.17, 15) is 9.59 Å². The van der Waals surface area contributed by atoms with Crippen LogP contribution in [0.1, 0.15) is 17.5 Å². The molecule has 0 atom stereocenters. The monoisotopic (exact) mass is 339 g/mol. The van der Waals surface area contributed by atoms with E-state index in [-0.39, 0.29) is 11.8 Å². The van der Waals surface area contributed by atoms with Crippen LogP contribution in [0.15, 0.2) is 48.8 Å². The fourth-order valence-electron chi connectivity index (χ4n) is 3.25. The predicted octanol–water partition coefficient (Wildman–Crippen LogP) is 1.87. The van der Waals surface area contributed by atoms with Crippen LogP contribution in [0.2, 0.25) is 0 Å². The number of benzene rings is 1. The molecule has 0 N–H and O–H groups in total. The van der Waals surface area contributed by atoms with Gasteiger partial charge in [0.1, 0.15) is 0 Å². The highest BCUT2D eigenvalue weighted by Crippen LogP contribution is 2.10. The van der Waals surface area contributed by atoms with Gasteiger partial charge in [0.05, 0.1) is 12.8 Å². The van der Waals surface area contributed by atoms with Crippen LogP contribution in [0, 0.1) is 0 Å². The Kier molecular flexibility index (Phi) is 5.53. The molecule has 1 saturated heterocycles. The maximum atomic E-state index is 12.5. The van der Waals surface area contributed by atoms with Gasteiger partial charge in [0, 0.05) is 45.6 Å². The number of hydrogen-bond acceptors (Lipinski definition) is 2. The number of aromatic nitrogens is 1. The molecule has 25 heavy (non-hydrogen) atoms. The summed E-state index contributed by atoms with van der Waals surface area (Å²) < 4.78 is 1.95. The van der Waals surface area contributed by atoms with Gasteiger partial charge < -0.3 is 14.4 Å². The average molecular weight is 339 g/mol. The number of carbonyl (C=O) groups excluding carboxylic acids is 2. The Hall–Kier alpha value is -2.56. The molecule has 0 saturated carbocycles. The van der Waals surface area contributed by atoms with Crippen LogP contribution in [-0.2, 0) is 29.5 Å². The Morgan fingerprint density at radius 1 is 0.840 bits per heavy atom. The lowest BCUT2D eigenvalue weighted by Gasteiger charge is -2.22. The fourth-order valence-corrected chi connectivity index (χ4v) is 3.25. The minimum Gasteiger partial charge on any atom is -0.357 e. The van der Waals surface area contributed by atoms with E-state index in [1.54, 1.807) is 0 Å². The van der Waals surface area contributed by atoms with Crippen molar-refractivity contribution in [1.82, 2.24) is 14.4 Å². The zero-order valence-electron chi connectivity index (χ0n) is 14.7. The van der Waals surface area contributed by atoms with E-state index < -0.39 is 0 Å². The molecule has 0 radical (unpaired) electrons. The molecular weight excluding hydrogens is 314 g/mol. The van der Waals surface area contributed by atoms with Gasteiger partial charge >= 0.3 is 0 Å². The first-order chi connectivity index (χ1) is 12.1. The van der Waals surface area contributed by atoms with E-state index in [0.29, 0.717) is 25.9 Å². The molecule has 0 bridgehead atoms. The molecular formula is C20H25N3O2. The van der Waals surface area contributed by atoms with Gasteiger partial charge in [-0.05, 0) is 23.6 Å². The maximum Gasteiger partial charge on any atom is 0.227 e. The molecule has 2 amide bonds. The second-order valence-corrected chi connectivity index (χ2v) is 6.64. The Labute approximate surface area is 148 Å². The van der Waals surface area contributed by atoms with Gasteiger partial charge in [-0.15, -0.1) is 0 Å². The molecule has 0 spiro atoms. The number of aryl methyl sites for hydroxylation is 1. The molecule has 0 aliphatic carbocycles. The molecule has 5 heteroatoms. The molecule has 1 fully saturated rings. The van der Waals surface area contributed by atoms with Gasteiger partial charge in [0.15, 0.2) is 0 Å². The molecule has 1 aliphatic rings. The number of amides is 2. The highest BCUT2D eigenvalue weighted by Gasteiger charge is 2.22. The van der Waals surface area contributed by atoms with Crippen molar-refractivity contribution in [3.63, 3.8) is 0 Å². The molecule has 132 valence electrons. The topological polar surface area (TPSA) is 45.6 Å². The Morgan fingerprint density at radius 2 is 1.44 bits per heavy atom. The largest absolute Gasteiger partial charge is 0.357 e. The third-order valence-corrected chi connectivity index (χ3v) is 4.65. The van der Waals surface area contributed by atoms with Crippen LogP contribution >= 0.6 is 0 Å². The van der Waals surface area contributed by atoms with E-state index >= 15 is 0 Å². The standard InChI is InChI=1S/C20H25N3O2/c1-21-11-8-18(16-21)15-20(25)23-10-5-9-22(12-13-23)19(24)14-17-6-3-2-4-7-17/h2-4,6-8,11,16H,5,9-10,12-15H2,1H3. The molecule has 2 aromatic rings. The molecule has 1 aromatic heterocycles. The van der Waals surface area contributed by atoms with Crippen molar-refractivity contribution in [2.45, 2.75) is 19.3 Å². The normalized spacial score (nSPS) is 15.1. The van der Waals surface area contributed by atoms with Gasteiger partial charge in [-0.25, -0.2) is 0 Å². The van der Waals surface area contributed by atoms with E-state index in [1.165, 1.54) is 0 Å². The van der Waals surface area contributed by atoms with Crippen molar-refractivity contribution in [3.8, 4) is 0 Å². The third-order valence-electron chi connectivity index (χ3n) is 4.65. The SMILES string of the molecule is Cn1ccc(CC(=O)N2CCCN(C(=O)Cc3ccccc3)CC2)c1. The van der Waals surface area contributed by atoms with Crippen LogP contribution in [0.5, 0.6) is 0 Å². The molecule has 5 nitrogen and oxygen atoms in total. The maximum absolute atomic E-state index is 12.5. The number of carbonyl (C=O) groups is 2. The van der Waals surface area contributed by atoms with Crippen molar-refractivity contribution >= 4 is 11.8 Å². The van der Waals surface area contributed by atoms with Crippen molar-refractivity contribution in [2.75, 3.05) is 26.2 Å². The summed E-state index contributed by atoms with van der Waals surface area (Å²) in [6.45, 7) is 2.68. The molecule has 2 heterocycles. The first-order valence-electron chi connectivity index (χ1n) is 8.82. The summed E-state index contributed by atoms with van der Waals surface area (Å²) >= 11 is 0. The summed E-state index contributed by atoms with van der Waals surface area (Å²) in [5, 5.41) is 0. The first kappa shape index (κ1) is 17.3. The zero-order valence-corrected chi connectivity index (χ0v) is 14.7. The van der Waals surface area contributed by atoms with Gasteiger partial charge in [0.25, 0.3) is 0 Å². The number of rotatable bonds is 4. The Balaban J connectivity index is 1.53. The summed E-state index contributed by atoms with van der Waals surface area (Å²) in [6.07, 6.45) is 5.62. The zero-order chi connectivity index (χ0) is 17.6. The van der Waals surface area contributed by atoms with E-state index in [4.69, 9.17) is 0 Å². The highest BCUT2D eigenvalue weighted by molar-refractivity contribution is 5.80. The van der Waals surface area contributed by atoms with E-state index in [0.717, 1.165) is 30.6 Å². The van der Waals surface area contributed by atoms with E-state index in [2.05, 4.69) is 0 Å². The Bertz CT molecular complexity index is 724. The van der Waals surface area contributed by atoms with Crippen LogP contribution in [0.3, 0.4) is 0 Å². The lowest BCUT2D eigenvalue weighted by molar-refractivity contribution is -0.132. The van der Waals surface area contributed by atoms with Gasteiger partial charge in [-0.1, -0.05) is 30.3 Å². The van der Waals surface area contributed by atoms with Crippen LogP contribution in [0.25, 0.3) is 0 Å². The minimum atomic E-state index is 0.142. The highest BCUT2D eigenvalue weighted by atomic mass is 16.2. The van der Waals surface area contributed by atoms with E-state index in [1.807, 2.05) is 70.2 Å². The Morgan fingerprint density at radius 3 is 2.00 bits per heavy atom. The molecule has 1 aliphatic heterocycles. The summed E-state index contributed by atoms with van der Waals surface area (Å²) in [5.41, 5.74) is 2.07. The molecule has 0 unspecified atom stereocenters. The third kappa shape index (κ3) is 4.72. The van der Waals surface area contributed by atoms with Crippen molar-refractivity contribution < 1.29 is 9.59 Å². The fraction of sp³-hybridized carbons (Fsp3) is 0.400. The van der Waals surface area contributed by atoms with Crippen molar-refractivity contribution in [2.24, 2.45) is 7.05 Å². The average Bonchev–Trinajstić information content (AvgIpc) is 2.86. The van der Waals surface area contributed by atoms with Gasteiger partial charge in [-0.2, -0.15) is 0 Å². The smallest absolute Gasteiger partial charge is 0.227 e.